The van der Waals surface area contributed by atoms with Gasteiger partial charge in [0.05, 0.1) is 0 Å². The highest BCUT2D eigenvalue weighted by Crippen LogP contribution is 2.17. The Morgan fingerprint density at radius 1 is 1.46 bits per heavy atom. The Morgan fingerprint density at radius 2 is 2.15 bits per heavy atom. The molecule has 0 bridgehead atoms. The van der Waals surface area contributed by atoms with Crippen LogP contribution < -0.4 is 5.32 Å². The van der Waals surface area contributed by atoms with Crippen LogP contribution in [0.15, 0.2) is 0 Å². The molecule has 1 aliphatic rings. The molecule has 0 aromatic heterocycles. The first kappa shape index (κ1) is 11.3. The maximum Gasteiger partial charge on any atom is 0.0445 e. The topological polar surface area (TPSA) is 32.3 Å². The van der Waals surface area contributed by atoms with E-state index >= 15 is 0 Å². The summed E-state index contributed by atoms with van der Waals surface area (Å²) in [6.45, 7) is 2.50. The van der Waals surface area contributed by atoms with Gasteiger partial charge in [0.2, 0.25) is 0 Å². The molecule has 1 heterocycles. The molecule has 1 saturated heterocycles. The highest BCUT2D eigenvalue weighted by Gasteiger charge is 2.16. The second kappa shape index (κ2) is 6.68. The third kappa shape index (κ3) is 4.34. The average molecular weight is 203 g/mol. The third-order valence-electron chi connectivity index (χ3n) is 2.66. The van der Waals surface area contributed by atoms with Crippen LogP contribution in [0.4, 0.5) is 0 Å². The van der Waals surface area contributed by atoms with Gasteiger partial charge >= 0.3 is 0 Å². The van der Waals surface area contributed by atoms with Crippen molar-refractivity contribution >= 4 is 11.8 Å². The van der Waals surface area contributed by atoms with Gasteiger partial charge in [0.25, 0.3) is 0 Å². The van der Waals surface area contributed by atoms with Crippen LogP contribution in [0.3, 0.4) is 0 Å². The lowest BCUT2D eigenvalue weighted by Gasteiger charge is -2.27. The van der Waals surface area contributed by atoms with Crippen molar-refractivity contribution in [2.24, 2.45) is 0 Å². The fourth-order valence-electron chi connectivity index (χ4n) is 1.76. The van der Waals surface area contributed by atoms with Crippen LogP contribution in [0.5, 0.6) is 0 Å². The minimum absolute atomic E-state index is 0.312. The fraction of sp³-hybridized carbons (Fsp3) is 1.00. The zero-order chi connectivity index (χ0) is 9.52. The van der Waals surface area contributed by atoms with Crippen LogP contribution >= 0.6 is 11.8 Å². The number of aliphatic hydroxyl groups is 1. The molecular weight excluding hydrogens is 182 g/mol. The van der Waals surface area contributed by atoms with E-state index in [1.165, 1.54) is 24.3 Å². The van der Waals surface area contributed by atoms with Crippen molar-refractivity contribution < 1.29 is 5.11 Å². The zero-order valence-corrected chi connectivity index (χ0v) is 9.28. The molecule has 1 unspecified atom stereocenters. The van der Waals surface area contributed by atoms with Crippen molar-refractivity contribution in [2.75, 3.05) is 18.1 Å². The molecule has 1 fully saturated rings. The summed E-state index contributed by atoms with van der Waals surface area (Å²) in [5.74, 6) is 2.60. The van der Waals surface area contributed by atoms with Crippen LogP contribution in [0.1, 0.15) is 32.6 Å². The van der Waals surface area contributed by atoms with Gasteiger partial charge in [-0.05, 0) is 37.2 Å². The first-order valence-electron chi connectivity index (χ1n) is 5.31. The second-order valence-electron chi connectivity index (χ2n) is 3.67. The van der Waals surface area contributed by atoms with Gasteiger partial charge in [-0.2, -0.15) is 11.8 Å². The lowest BCUT2D eigenvalue weighted by Crippen LogP contribution is -2.40. The van der Waals surface area contributed by atoms with Crippen LogP contribution in [0.25, 0.3) is 0 Å². The van der Waals surface area contributed by atoms with Crippen molar-refractivity contribution in [3.05, 3.63) is 0 Å². The summed E-state index contributed by atoms with van der Waals surface area (Å²) in [4.78, 5) is 0. The largest absolute Gasteiger partial charge is 0.396 e. The Kier molecular flexibility index (Phi) is 5.83. The van der Waals surface area contributed by atoms with E-state index < -0.39 is 0 Å². The summed E-state index contributed by atoms with van der Waals surface area (Å²) in [5, 5.41) is 12.5. The first-order valence-corrected chi connectivity index (χ1v) is 6.47. The standard InChI is InChI=1S/C10H21NOS/c1-2-9(3-6-12)11-10-4-7-13-8-5-10/h9-12H,2-8H2,1H3. The fourth-order valence-corrected chi connectivity index (χ4v) is 2.87. The number of aliphatic hydroxyl groups excluding tert-OH is 1. The molecule has 1 rings (SSSR count). The monoisotopic (exact) mass is 203 g/mol. The molecule has 2 nitrogen and oxygen atoms in total. The summed E-state index contributed by atoms with van der Waals surface area (Å²) in [5.41, 5.74) is 0. The van der Waals surface area contributed by atoms with Crippen LogP contribution in [0, 0.1) is 0 Å². The van der Waals surface area contributed by atoms with Gasteiger partial charge in [-0.1, -0.05) is 6.92 Å². The maximum absolute atomic E-state index is 8.85. The number of rotatable bonds is 5. The van der Waals surface area contributed by atoms with Gasteiger partial charge in [0, 0.05) is 18.7 Å². The average Bonchev–Trinajstić information content (AvgIpc) is 2.19. The van der Waals surface area contributed by atoms with Crippen molar-refractivity contribution in [1.82, 2.24) is 5.32 Å². The number of hydrogen-bond acceptors (Lipinski definition) is 3. The van der Waals surface area contributed by atoms with E-state index in [4.69, 9.17) is 5.11 Å². The van der Waals surface area contributed by atoms with E-state index in [-0.39, 0.29) is 0 Å². The second-order valence-corrected chi connectivity index (χ2v) is 4.90. The van der Waals surface area contributed by atoms with Crippen molar-refractivity contribution in [3.8, 4) is 0 Å². The van der Waals surface area contributed by atoms with Gasteiger partial charge in [0.1, 0.15) is 0 Å². The maximum atomic E-state index is 8.85. The summed E-state index contributed by atoms with van der Waals surface area (Å²) in [6.07, 6.45) is 4.63. The molecule has 0 aliphatic carbocycles. The summed E-state index contributed by atoms with van der Waals surface area (Å²) < 4.78 is 0. The number of thioether (sulfide) groups is 1. The molecular formula is C10H21NOS. The highest BCUT2D eigenvalue weighted by atomic mass is 32.2. The number of nitrogens with one attached hydrogen (secondary N) is 1. The Morgan fingerprint density at radius 3 is 2.69 bits per heavy atom. The first-order chi connectivity index (χ1) is 6.36. The van der Waals surface area contributed by atoms with Gasteiger partial charge in [0.15, 0.2) is 0 Å². The van der Waals surface area contributed by atoms with E-state index in [0.29, 0.717) is 18.7 Å². The quantitative estimate of drug-likeness (QED) is 0.712. The van der Waals surface area contributed by atoms with Crippen LogP contribution in [0.2, 0.25) is 0 Å². The summed E-state index contributed by atoms with van der Waals surface area (Å²) in [6, 6.07) is 1.23. The molecule has 1 atom stereocenters. The lowest BCUT2D eigenvalue weighted by atomic mass is 10.1. The predicted octanol–water partition coefficient (Wildman–Crippen LogP) is 1.63. The van der Waals surface area contributed by atoms with Crippen molar-refractivity contribution in [3.63, 3.8) is 0 Å². The van der Waals surface area contributed by atoms with Crippen LogP contribution in [-0.2, 0) is 0 Å². The summed E-state index contributed by atoms with van der Waals surface area (Å²) >= 11 is 2.06. The highest BCUT2D eigenvalue weighted by molar-refractivity contribution is 7.99. The van der Waals surface area contributed by atoms with E-state index in [1.807, 2.05) is 0 Å². The van der Waals surface area contributed by atoms with Gasteiger partial charge < -0.3 is 10.4 Å². The lowest BCUT2D eigenvalue weighted by molar-refractivity contribution is 0.253. The molecule has 13 heavy (non-hydrogen) atoms. The molecule has 1 aliphatic heterocycles. The van der Waals surface area contributed by atoms with E-state index in [2.05, 4.69) is 24.0 Å². The summed E-state index contributed by atoms with van der Waals surface area (Å²) in [7, 11) is 0. The Labute approximate surface area is 85.5 Å². The van der Waals surface area contributed by atoms with E-state index in [9.17, 15) is 0 Å². The van der Waals surface area contributed by atoms with Crippen LogP contribution in [-0.4, -0.2) is 35.3 Å². The van der Waals surface area contributed by atoms with E-state index in [0.717, 1.165) is 12.8 Å². The minimum atomic E-state index is 0.312. The van der Waals surface area contributed by atoms with Crippen molar-refractivity contribution in [1.29, 1.82) is 0 Å². The molecule has 0 radical (unpaired) electrons. The van der Waals surface area contributed by atoms with E-state index in [1.54, 1.807) is 0 Å². The SMILES string of the molecule is CCC(CCO)NC1CCSCC1. The Balaban J connectivity index is 2.18. The Hall–Kier alpha value is 0.270. The zero-order valence-electron chi connectivity index (χ0n) is 8.46. The van der Waals surface area contributed by atoms with Gasteiger partial charge in [-0.25, -0.2) is 0 Å². The van der Waals surface area contributed by atoms with Crippen molar-refractivity contribution in [2.45, 2.75) is 44.7 Å². The Bertz CT molecular complexity index is 123. The third-order valence-corrected chi connectivity index (χ3v) is 3.71. The number of hydrogen-bond donors (Lipinski definition) is 2. The normalized spacial score (nSPS) is 21.7. The van der Waals surface area contributed by atoms with Gasteiger partial charge in [-0.15, -0.1) is 0 Å². The molecule has 0 saturated carbocycles. The molecule has 2 N–H and O–H groups in total. The molecule has 0 amide bonds. The van der Waals surface area contributed by atoms with Gasteiger partial charge in [-0.3, -0.25) is 0 Å². The molecule has 3 heteroatoms. The molecule has 0 aromatic carbocycles. The molecule has 0 spiro atoms. The smallest absolute Gasteiger partial charge is 0.0445 e. The molecule has 0 aromatic rings. The molecule has 78 valence electrons. The predicted molar refractivity (Wildman–Crippen MR) is 59.3 cm³/mol. The minimum Gasteiger partial charge on any atom is -0.396 e.